The van der Waals surface area contributed by atoms with Crippen LogP contribution < -0.4 is 0 Å². The third kappa shape index (κ3) is 5.82. The number of carbonyl (C=O) groups excluding carboxylic acids is 2. The van der Waals surface area contributed by atoms with Gasteiger partial charge in [0.25, 0.3) is 5.69 Å². The van der Waals surface area contributed by atoms with Crippen molar-refractivity contribution in [3.05, 3.63) is 80.3 Å². The van der Waals surface area contributed by atoms with Gasteiger partial charge in [0.15, 0.2) is 0 Å². The van der Waals surface area contributed by atoms with Gasteiger partial charge in [0.1, 0.15) is 0 Å². The number of esters is 2. The van der Waals surface area contributed by atoms with E-state index < -0.39 is 38.7 Å². The zero-order valence-corrected chi connectivity index (χ0v) is 22.0. The van der Waals surface area contributed by atoms with E-state index in [1.54, 1.807) is 38.1 Å². The third-order valence-electron chi connectivity index (χ3n) is 5.69. The Bertz CT molecular complexity index is 1280. The first-order valence-corrected chi connectivity index (χ1v) is 13.4. The van der Waals surface area contributed by atoms with Crippen molar-refractivity contribution in [1.82, 2.24) is 4.31 Å². The molecule has 192 valence electrons. The minimum Gasteiger partial charge on any atom is -0.466 e. The van der Waals surface area contributed by atoms with Gasteiger partial charge in [-0.25, -0.2) is 13.2 Å². The van der Waals surface area contributed by atoms with Gasteiger partial charge < -0.3 is 9.47 Å². The Kier molecular flexibility index (Phi) is 8.98. The van der Waals surface area contributed by atoms with Crippen molar-refractivity contribution in [2.75, 3.05) is 26.3 Å². The second-order valence-electron chi connectivity index (χ2n) is 7.81. The van der Waals surface area contributed by atoms with Crippen LogP contribution in [0.3, 0.4) is 0 Å². The van der Waals surface area contributed by atoms with Crippen LogP contribution in [0.25, 0.3) is 0 Å². The van der Waals surface area contributed by atoms with E-state index in [4.69, 9.17) is 9.47 Å². The van der Waals surface area contributed by atoms with E-state index in [0.717, 1.165) is 28.6 Å². The zero-order valence-electron chi connectivity index (χ0n) is 19.6. The summed E-state index contributed by atoms with van der Waals surface area (Å²) >= 11 is 3.48. The van der Waals surface area contributed by atoms with Crippen LogP contribution in [0.15, 0.2) is 69.5 Å². The van der Waals surface area contributed by atoms with E-state index in [1.807, 2.05) is 0 Å². The quantitative estimate of drug-likeness (QED) is 0.261. The van der Waals surface area contributed by atoms with E-state index >= 15 is 0 Å². The number of nitrogens with zero attached hydrogens (tertiary/aromatic N) is 2. The number of hydrogen-bond donors (Lipinski definition) is 0. The Balaban J connectivity index is 2.15. The largest absolute Gasteiger partial charge is 0.466 e. The lowest BCUT2D eigenvalue weighted by atomic mass is 9.81. The van der Waals surface area contributed by atoms with Crippen molar-refractivity contribution in [3.8, 4) is 0 Å². The summed E-state index contributed by atoms with van der Waals surface area (Å²) in [5.74, 6) is -3.33. The van der Waals surface area contributed by atoms with Crippen LogP contribution in [0, 0.1) is 16.0 Å². The predicted molar refractivity (Wildman–Crippen MR) is 134 cm³/mol. The maximum atomic E-state index is 13.6. The van der Waals surface area contributed by atoms with Crippen LogP contribution in [0.4, 0.5) is 5.69 Å². The van der Waals surface area contributed by atoms with Gasteiger partial charge in [-0.2, -0.15) is 4.31 Å². The summed E-state index contributed by atoms with van der Waals surface area (Å²) in [7, 11) is -4.16. The highest BCUT2D eigenvalue weighted by atomic mass is 79.9. The molecule has 36 heavy (non-hydrogen) atoms. The van der Waals surface area contributed by atoms with Crippen molar-refractivity contribution in [2.45, 2.75) is 24.7 Å². The summed E-state index contributed by atoms with van der Waals surface area (Å²) in [4.78, 5) is 36.3. The summed E-state index contributed by atoms with van der Waals surface area (Å²) in [6.45, 7) is 3.02. The highest BCUT2D eigenvalue weighted by Gasteiger charge is 2.43. The highest BCUT2D eigenvalue weighted by molar-refractivity contribution is 9.10. The Morgan fingerprint density at radius 2 is 1.72 bits per heavy atom. The van der Waals surface area contributed by atoms with Gasteiger partial charge in [-0.15, -0.1) is 0 Å². The molecule has 2 aromatic carbocycles. The van der Waals surface area contributed by atoms with Crippen LogP contribution in [0.1, 0.15) is 25.3 Å². The Morgan fingerprint density at radius 3 is 2.31 bits per heavy atom. The maximum Gasteiger partial charge on any atom is 0.334 e. The molecule has 0 amide bonds. The van der Waals surface area contributed by atoms with Crippen molar-refractivity contribution in [1.29, 1.82) is 0 Å². The second kappa shape index (κ2) is 11.8. The number of carbonyl (C=O) groups is 2. The summed E-state index contributed by atoms with van der Waals surface area (Å²) in [5, 5.41) is 11.0. The molecular formula is C24H25BrN2O8S. The number of benzene rings is 2. The molecule has 1 heterocycles. The molecule has 0 aromatic heterocycles. The molecule has 0 N–H and O–H groups in total. The van der Waals surface area contributed by atoms with Gasteiger partial charge in [0, 0.05) is 41.2 Å². The molecule has 0 bridgehead atoms. The fourth-order valence-electron chi connectivity index (χ4n) is 4.03. The Hall–Kier alpha value is -3.09. The van der Waals surface area contributed by atoms with Crippen LogP contribution in [0.5, 0.6) is 0 Å². The topological polar surface area (TPSA) is 133 Å². The average Bonchev–Trinajstić information content (AvgIpc) is 3.05. The number of ether oxygens (including phenoxy) is 2. The number of rotatable bonds is 8. The smallest absolute Gasteiger partial charge is 0.334 e. The lowest BCUT2D eigenvalue weighted by Gasteiger charge is -2.29. The Morgan fingerprint density at radius 1 is 1.08 bits per heavy atom. The first-order chi connectivity index (χ1) is 17.1. The molecule has 0 radical (unpaired) electrons. The average molecular weight is 581 g/mol. The van der Waals surface area contributed by atoms with Gasteiger partial charge in [-0.3, -0.25) is 14.9 Å². The summed E-state index contributed by atoms with van der Waals surface area (Å²) in [5.41, 5.74) is 0.372. The minimum absolute atomic E-state index is 0.0115. The highest BCUT2D eigenvalue weighted by Crippen LogP contribution is 2.39. The van der Waals surface area contributed by atoms with E-state index in [9.17, 15) is 28.1 Å². The molecular weight excluding hydrogens is 556 g/mol. The molecule has 0 aliphatic carbocycles. The number of nitro groups is 1. The Labute approximate surface area is 217 Å². The molecule has 12 heteroatoms. The third-order valence-corrected chi connectivity index (χ3v) is 8.26. The van der Waals surface area contributed by atoms with Gasteiger partial charge >= 0.3 is 11.9 Å². The molecule has 2 aromatic rings. The van der Waals surface area contributed by atoms with E-state index in [-0.39, 0.29) is 42.5 Å². The van der Waals surface area contributed by atoms with Gasteiger partial charge in [0.2, 0.25) is 10.0 Å². The number of non-ortho nitro benzene ring substituents is 1. The first kappa shape index (κ1) is 27.5. The summed E-state index contributed by atoms with van der Waals surface area (Å²) in [6, 6.07) is 11.5. The van der Waals surface area contributed by atoms with Gasteiger partial charge in [-0.1, -0.05) is 40.2 Å². The number of halogens is 1. The second-order valence-corrected chi connectivity index (χ2v) is 10.6. The van der Waals surface area contributed by atoms with Crippen LogP contribution in [0.2, 0.25) is 0 Å². The van der Waals surface area contributed by atoms with Crippen LogP contribution >= 0.6 is 15.9 Å². The molecule has 1 aliphatic rings. The van der Waals surface area contributed by atoms with Crippen LogP contribution in [-0.2, 0) is 29.1 Å². The molecule has 0 saturated heterocycles. The number of sulfonamides is 1. The zero-order chi connectivity index (χ0) is 26.5. The maximum absolute atomic E-state index is 13.6. The van der Waals surface area contributed by atoms with Crippen molar-refractivity contribution in [3.63, 3.8) is 0 Å². The SMILES string of the molecule is CCOC(=O)C1=CCN(S(=O)(=O)c2ccc([N+](=O)[O-])cc2)CC(c2ccccc2Br)C1C(=O)OCC. The van der Waals surface area contributed by atoms with Gasteiger partial charge in [-0.05, 0) is 37.6 Å². The molecule has 3 rings (SSSR count). The molecule has 0 fully saturated rings. The summed E-state index contributed by atoms with van der Waals surface area (Å²) < 4.78 is 39.4. The lowest BCUT2D eigenvalue weighted by Crippen LogP contribution is -2.37. The number of hydrogen-bond acceptors (Lipinski definition) is 8. The number of nitro benzene ring substituents is 1. The normalized spacial score (nSPS) is 18.6. The fraction of sp³-hybridized carbons (Fsp3) is 0.333. The molecule has 2 atom stereocenters. The van der Waals surface area contributed by atoms with Crippen LogP contribution in [-0.4, -0.2) is 55.9 Å². The van der Waals surface area contributed by atoms with Crippen molar-refractivity contribution >= 4 is 43.6 Å². The fourth-order valence-corrected chi connectivity index (χ4v) is 6.01. The lowest BCUT2D eigenvalue weighted by molar-refractivity contribution is -0.384. The molecule has 0 spiro atoms. The predicted octanol–water partition coefficient (Wildman–Crippen LogP) is 3.81. The molecule has 2 unspecified atom stereocenters. The van der Waals surface area contributed by atoms with E-state index in [1.165, 1.54) is 6.08 Å². The molecule has 1 aliphatic heterocycles. The van der Waals surface area contributed by atoms with Crippen molar-refractivity contribution in [2.24, 2.45) is 5.92 Å². The summed E-state index contributed by atoms with van der Waals surface area (Å²) in [6.07, 6.45) is 1.37. The standard InChI is InChI=1S/C24H25BrN2O8S/c1-3-34-23(28)19-13-14-26(36(32,33)17-11-9-16(10-12-17)27(30)31)15-20(22(19)24(29)35-4-2)18-7-5-6-8-21(18)25/h5-13,20,22H,3-4,14-15H2,1-2H3. The van der Waals surface area contributed by atoms with Crippen molar-refractivity contribution < 1.29 is 32.4 Å². The van der Waals surface area contributed by atoms with Gasteiger partial charge in [0.05, 0.1) is 29.0 Å². The molecule has 0 saturated carbocycles. The monoisotopic (exact) mass is 580 g/mol. The first-order valence-electron chi connectivity index (χ1n) is 11.1. The molecule has 10 nitrogen and oxygen atoms in total. The minimum atomic E-state index is -4.16. The van der Waals surface area contributed by atoms with E-state index in [2.05, 4.69) is 15.9 Å². The van der Waals surface area contributed by atoms with E-state index in [0.29, 0.717) is 10.0 Å².